The van der Waals surface area contributed by atoms with Crippen LogP contribution in [0.15, 0.2) is 109 Å². The Morgan fingerprint density at radius 2 is 1.06 bits per heavy atom. The highest BCUT2D eigenvalue weighted by molar-refractivity contribution is 7.00. The summed E-state index contributed by atoms with van der Waals surface area (Å²) in [4.78, 5) is 5.33. The van der Waals surface area contributed by atoms with Gasteiger partial charge in [0.2, 0.25) is 0 Å². The summed E-state index contributed by atoms with van der Waals surface area (Å²) in [5.74, 6) is 0.953. The van der Waals surface area contributed by atoms with Crippen LogP contribution in [0.2, 0.25) is 0 Å². The molecule has 1 aliphatic carbocycles. The summed E-state index contributed by atoms with van der Waals surface area (Å²) >= 11 is 0. The van der Waals surface area contributed by atoms with Crippen molar-refractivity contribution in [1.82, 2.24) is 0 Å². The van der Waals surface area contributed by atoms with Crippen LogP contribution in [0.1, 0.15) is 168 Å². The molecule has 6 aromatic carbocycles. The van der Waals surface area contributed by atoms with Gasteiger partial charge in [-0.25, -0.2) is 0 Å². The van der Waals surface area contributed by atoms with Crippen molar-refractivity contribution < 1.29 is 0 Å². The van der Waals surface area contributed by atoms with Gasteiger partial charge in [0.1, 0.15) is 0 Å². The SMILES string of the molecule is Cc1cc2c3c(c1)N(c1ccc(C(C)(C)C)cc1-c1ccc(C(C)(C)C)cc1)c1cc4c(cc1B3c1ccc(C(C)C(C)C)cc1N2c1cccc(C(C)(C)C)c1)C(C)(C)CCC4(C)C. The van der Waals surface area contributed by atoms with Crippen LogP contribution >= 0.6 is 0 Å². The van der Waals surface area contributed by atoms with E-state index in [1.807, 2.05) is 0 Å². The van der Waals surface area contributed by atoms with E-state index < -0.39 is 0 Å². The monoisotopic (exact) mass is 859 g/mol. The fourth-order valence-corrected chi connectivity index (χ4v) is 11.1. The summed E-state index contributed by atoms with van der Waals surface area (Å²) in [6.45, 7) is 40.4. The molecule has 0 saturated heterocycles. The highest BCUT2D eigenvalue weighted by Crippen LogP contribution is 2.52. The lowest BCUT2D eigenvalue weighted by molar-refractivity contribution is 0.332. The minimum absolute atomic E-state index is 0.00725. The molecule has 3 heteroatoms. The zero-order valence-corrected chi connectivity index (χ0v) is 42.9. The maximum Gasteiger partial charge on any atom is 0.252 e. The molecule has 0 saturated carbocycles. The van der Waals surface area contributed by atoms with E-state index in [0.29, 0.717) is 11.8 Å². The lowest BCUT2D eigenvalue weighted by atomic mass is 9.33. The van der Waals surface area contributed by atoms with E-state index in [2.05, 4.69) is 237 Å². The molecule has 0 amide bonds. The third kappa shape index (κ3) is 7.67. The molecular weight excluding hydrogens is 784 g/mol. The number of fused-ring (bicyclic) bond motifs is 5. The first-order chi connectivity index (χ1) is 30.3. The molecule has 2 heterocycles. The molecule has 1 unspecified atom stereocenters. The van der Waals surface area contributed by atoms with Crippen LogP contribution in [0.5, 0.6) is 0 Å². The number of aryl methyl sites for hydroxylation is 1. The highest BCUT2D eigenvalue weighted by Gasteiger charge is 2.47. The number of benzene rings is 6. The molecule has 0 fully saturated rings. The van der Waals surface area contributed by atoms with Crippen molar-refractivity contribution in [2.24, 2.45) is 5.92 Å². The zero-order chi connectivity index (χ0) is 46.9. The molecule has 0 aromatic heterocycles. The van der Waals surface area contributed by atoms with Gasteiger partial charge < -0.3 is 9.80 Å². The Kier molecular flexibility index (Phi) is 10.6. The molecule has 336 valence electrons. The molecule has 9 rings (SSSR count). The summed E-state index contributed by atoms with van der Waals surface area (Å²) < 4.78 is 0. The quantitative estimate of drug-likeness (QED) is 0.159. The molecule has 1 atom stereocenters. The summed E-state index contributed by atoms with van der Waals surface area (Å²) in [7, 11) is 0. The van der Waals surface area contributed by atoms with Crippen molar-refractivity contribution in [3.05, 3.63) is 148 Å². The Morgan fingerprint density at radius 3 is 1.66 bits per heavy atom. The van der Waals surface area contributed by atoms with Gasteiger partial charge in [-0.2, -0.15) is 0 Å². The molecule has 6 aromatic rings. The normalized spacial score (nSPS) is 16.8. The largest absolute Gasteiger partial charge is 0.311 e. The van der Waals surface area contributed by atoms with Crippen molar-refractivity contribution in [3.63, 3.8) is 0 Å². The van der Waals surface area contributed by atoms with Crippen molar-refractivity contribution in [2.75, 3.05) is 9.80 Å². The van der Waals surface area contributed by atoms with Crippen LogP contribution < -0.4 is 26.2 Å². The van der Waals surface area contributed by atoms with E-state index in [1.54, 1.807) is 0 Å². The second-order valence-electron chi connectivity index (χ2n) is 25.0. The lowest BCUT2D eigenvalue weighted by Gasteiger charge is -2.48. The fraction of sp³-hybridized carbons (Fsp3) is 0.419. The van der Waals surface area contributed by atoms with Gasteiger partial charge in [-0.1, -0.05) is 171 Å². The molecule has 0 spiro atoms. The maximum atomic E-state index is 2.69. The van der Waals surface area contributed by atoms with Gasteiger partial charge in [0.05, 0.1) is 5.69 Å². The average molecular weight is 859 g/mol. The smallest absolute Gasteiger partial charge is 0.252 e. The third-order valence-electron chi connectivity index (χ3n) is 15.9. The first-order valence-corrected chi connectivity index (χ1v) is 24.7. The van der Waals surface area contributed by atoms with Crippen molar-refractivity contribution in [2.45, 2.75) is 164 Å². The summed E-state index contributed by atoms with van der Waals surface area (Å²) in [6.07, 6.45) is 2.35. The Hall–Kier alpha value is -5.02. The second-order valence-corrected chi connectivity index (χ2v) is 25.0. The van der Waals surface area contributed by atoms with E-state index in [4.69, 9.17) is 0 Å². The van der Waals surface area contributed by atoms with E-state index in [9.17, 15) is 0 Å². The summed E-state index contributed by atoms with van der Waals surface area (Å²) in [6, 6.07) is 44.0. The van der Waals surface area contributed by atoms with Gasteiger partial charge in [-0.05, 0) is 168 Å². The zero-order valence-electron chi connectivity index (χ0n) is 42.9. The lowest BCUT2D eigenvalue weighted by Crippen LogP contribution is -2.62. The highest BCUT2D eigenvalue weighted by atomic mass is 15.2. The van der Waals surface area contributed by atoms with Gasteiger partial charge in [-0.3, -0.25) is 0 Å². The predicted octanol–water partition coefficient (Wildman–Crippen LogP) is 15.7. The number of rotatable bonds is 5. The minimum Gasteiger partial charge on any atom is -0.311 e. The van der Waals surface area contributed by atoms with Crippen molar-refractivity contribution in [3.8, 4) is 11.1 Å². The van der Waals surface area contributed by atoms with E-state index in [-0.39, 0.29) is 33.8 Å². The number of hydrogen-bond acceptors (Lipinski definition) is 2. The fourth-order valence-electron chi connectivity index (χ4n) is 11.1. The van der Waals surface area contributed by atoms with Crippen LogP contribution in [-0.2, 0) is 27.1 Å². The molecule has 3 aliphatic rings. The van der Waals surface area contributed by atoms with Crippen LogP contribution in [-0.4, -0.2) is 6.71 Å². The van der Waals surface area contributed by atoms with Crippen LogP contribution in [0, 0.1) is 12.8 Å². The van der Waals surface area contributed by atoms with Crippen LogP contribution in [0.3, 0.4) is 0 Å². The average Bonchev–Trinajstić information content (AvgIpc) is 3.23. The van der Waals surface area contributed by atoms with E-state index in [0.717, 1.165) is 0 Å². The third-order valence-corrected chi connectivity index (χ3v) is 15.9. The second kappa shape index (κ2) is 15.3. The molecule has 0 N–H and O–H groups in total. The first kappa shape index (κ1) is 45.2. The van der Waals surface area contributed by atoms with Gasteiger partial charge in [0.25, 0.3) is 6.71 Å². The van der Waals surface area contributed by atoms with Crippen molar-refractivity contribution >= 4 is 57.2 Å². The Balaban J connectivity index is 1.42. The predicted molar refractivity (Wildman–Crippen MR) is 285 cm³/mol. The maximum absolute atomic E-state index is 2.69. The Morgan fingerprint density at radius 1 is 0.508 bits per heavy atom. The Labute approximate surface area is 394 Å². The molecule has 0 bridgehead atoms. The van der Waals surface area contributed by atoms with E-state index >= 15 is 0 Å². The standard InChI is InChI=1S/C62H75BN2/c1-38(2)40(4)42-23-27-50-53(33-42)64(46-20-18-19-44(34-46)59(8,9)10)55-31-39(3)32-56-57(55)63(50)51-36-48-49(62(16,17)30-29-61(48,14)15)37-54(51)65(56)52-28-26-45(60(11,12)13)35-47(52)41-21-24-43(25-22-41)58(5,6)7/h18-28,31-38,40H,29-30H2,1-17H3. The summed E-state index contributed by atoms with van der Waals surface area (Å²) in [5.41, 5.74) is 24.2. The molecule has 2 nitrogen and oxygen atoms in total. The van der Waals surface area contributed by atoms with Crippen LogP contribution in [0.4, 0.5) is 34.1 Å². The molecule has 0 radical (unpaired) electrons. The van der Waals surface area contributed by atoms with Gasteiger partial charge in [-0.15, -0.1) is 0 Å². The molecule has 65 heavy (non-hydrogen) atoms. The van der Waals surface area contributed by atoms with Crippen molar-refractivity contribution in [1.29, 1.82) is 0 Å². The van der Waals surface area contributed by atoms with Gasteiger partial charge in [0, 0.05) is 34.0 Å². The van der Waals surface area contributed by atoms with Gasteiger partial charge in [0.15, 0.2) is 0 Å². The Bertz CT molecular complexity index is 2830. The van der Waals surface area contributed by atoms with Crippen LogP contribution in [0.25, 0.3) is 11.1 Å². The number of anilines is 6. The van der Waals surface area contributed by atoms with E-state index in [1.165, 1.54) is 113 Å². The summed E-state index contributed by atoms with van der Waals surface area (Å²) in [5, 5.41) is 0. The molecule has 2 aliphatic heterocycles. The number of nitrogens with zero attached hydrogens (tertiary/aromatic N) is 2. The number of hydrogen-bond donors (Lipinski definition) is 0. The molecular formula is C62H75BN2. The minimum atomic E-state index is -0.0154. The van der Waals surface area contributed by atoms with Gasteiger partial charge >= 0.3 is 0 Å². The topological polar surface area (TPSA) is 6.48 Å². The first-order valence-electron chi connectivity index (χ1n) is 24.7.